The highest BCUT2D eigenvalue weighted by Gasteiger charge is 2.10. The van der Waals surface area contributed by atoms with Crippen LogP contribution in [0.15, 0.2) is 42.5 Å². The summed E-state index contributed by atoms with van der Waals surface area (Å²) in [5.74, 6) is -1.15. The molecule has 2 rings (SSSR count). The van der Waals surface area contributed by atoms with E-state index < -0.39 is 11.6 Å². The van der Waals surface area contributed by atoms with Crippen LogP contribution in [-0.2, 0) is 6.61 Å². The molecule has 0 saturated heterocycles. The van der Waals surface area contributed by atoms with Gasteiger partial charge in [-0.1, -0.05) is 30.3 Å². The Morgan fingerprint density at radius 2 is 1.94 bits per heavy atom. The minimum atomic E-state index is -0.700. The van der Waals surface area contributed by atoms with E-state index in [9.17, 15) is 14.3 Å². The minimum Gasteiger partial charge on any atom is -0.507 e. The Hall–Kier alpha value is -2.36. The Balaban J connectivity index is 2.17. The van der Waals surface area contributed by atoms with Crippen LogP contribution in [0.2, 0.25) is 0 Å². The lowest BCUT2D eigenvalue weighted by atomic mass is 10.2. The first-order valence-corrected chi connectivity index (χ1v) is 5.35. The fourth-order valence-electron chi connectivity index (χ4n) is 1.50. The van der Waals surface area contributed by atoms with Crippen molar-refractivity contribution in [1.82, 2.24) is 0 Å². The van der Waals surface area contributed by atoms with Gasteiger partial charge in [-0.05, 0) is 11.6 Å². The third kappa shape index (κ3) is 2.66. The maximum Gasteiger partial charge on any atom is 0.168 e. The van der Waals surface area contributed by atoms with Crippen molar-refractivity contribution in [3.63, 3.8) is 0 Å². The summed E-state index contributed by atoms with van der Waals surface area (Å²) in [5, 5.41) is 9.27. The SMILES string of the molecule is O=Cc1cc(OCc2ccccc2)c(F)cc1O. The molecule has 0 atom stereocenters. The summed E-state index contributed by atoms with van der Waals surface area (Å²) in [5.41, 5.74) is 0.886. The second-order valence-corrected chi connectivity index (χ2v) is 3.73. The number of phenolic OH excluding ortho intramolecular Hbond substituents is 1. The second-order valence-electron chi connectivity index (χ2n) is 3.73. The number of rotatable bonds is 4. The van der Waals surface area contributed by atoms with Gasteiger partial charge in [0.1, 0.15) is 12.4 Å². The maximum atomic E-state index is 13.5. The van der Waals surface area contributed by atoms with E-state index in [4.69, 9.17) is 4.74 Å². The van der Waals surface area contributed by atoms with Crippen molar-refractivity contribution in [3.8, 4) is 11.5 Å². The maximum absolute atomic E-state index is 13.5. The number of aromatic hydroxyl groups is 1. The highest BCUT2D eigenvalue weighted by atomic mass is 19.1. The summed E-state index contributed by atoms with van der Waals surface area (Å²) in [6.07, 6.45) is 0.449. The number of benzene rings is 2. The molecule has 0 heterocycles. The molecule has 0 bridgehead atoms. The van der Waals surface area contributed by atoms with Gasteiger partial charge in [0.15, 0.2) is 17.9 Å². The van der Waals surface area contributed by atoms with Crippen LogP contribution in [0.25, 0.3) is 0 Å². The predicted molar refractivity (Wildman–Crippen MR) is 64.2 cm³/mol. The van der Waals surface area contributed by atoms with E-state index in [2.05, 4.69) is 0 Å². The first-order chi connectivity index (χ1) is 8.70. The molecule has 2 aromatic carbocycles. The van der Waals surface area contributed by atoms with Gasteiger partial charge in [0.2, 0.25) is 0 Å². The average molecular weight is 246 g/mol. The summed E-state index contributed by atoms with van der Waals surface area (Å²) < 4.78 is 18.7. The van der Waals surface area contributed by atoms with E-state index in [-0.39, 0.29) is 17.9 Å². The first-order valence-electron chi connectivity index (χ1n) is 5.35. The smallest absolute Gasteiger partial charge is 0.168 e. The van der Waals surface area contributed by atoms with Gasteiger partial charge >= 0.3 is 0 Å². The average Bonchev–Trinajstić information content (AvgIpc) is 2.39. The van der Waals surface area contributed by atoms with E-state index in [0.717, 1.165) is 11.6 Å². The van der Waals surface area contributed by atoms with Crippen molar-refractivity contribution in [2.75, 3.05) is 0 Å². The summed E-state index contributed by atoms with van der Waals surface area (Å²) in [4.78, 5) is 10.6. The van der Waals surface area contributed by atoms with Crippen molar-refractivity contribution in [2.45, 2.75) is 6.61 Å². The second kappa shape index (κ2) is 5.31. The standard InChI is InChI=1S/C14H11FO3/c15-12-7-13(17)11(8-16)6-14(12)18-9-10-4-2-1-3-5-10/h1-8,17H,9H2. The molecular formula is C14H11FO3. The zero-order chi connectivity index (χ0) is 13.0. The Morgan fingerprint density at radius 1 is 1.22 bits per heavy atom. The van der Waals surface area contributed by atoms with E-state index in [1.807, 2.05) is 30.3 Å². The van der Waals surface area contributed by atoms with Crippen LogP contribution < -0.4 is 4.74 Å². The molecule has 1 N–H and O–H groups in total. The topological polar surface area (TPSA) is 46.5 Å². The number of hydrogen-bond donors (Lipinski definition) is 1. The molecule has 92 valence electrons. The Labute approximate surface area is 103 Å². The van der Waals surface area contributed by atoms with Gasteiger partial charge in [-0.25, -0.2) is 4.39 Å². The normalized spacial score (nSPS) is 10.1. The van der Waals surface area contributed by atoms with Gasteiger partial charge in [0.25, 0.3) is 0 Å². The number of halogens is 1. The molecular weight excluding hydrogens is 235 g/mol. The Bertz CT molecular complexity index is 552. The number of carbonyl (C=O) groups excluding carboxylic acids is 1. The summed E-state index contributed by atoms with van der Waals surface area (Å²) >= 11 is 0. The van der Waals surface area contributed by atoms with Gasteiger partial charge in [-0.15, -0.1) is 0 Å². The Morgan fingerprint density at radius 3 is 2.61 bits per heavy atom. The lowest BCUT2D eigenvalue weighted by Gasteiger charge is -2.08. The molecule has 0 amide bonds. The number of phenols is 1. The molecule has 4 heteroatoms. The largest absolute Gasteiger partial charge is 0.507 e. The molecule has 18 heavy (non-hydrogen) atoms. The van der Waals surface area contributed by atoms with Gasteiger partial charge < -0.3 is 9.84 Å². The lowest BCUT2D eigenvalue weighted by Crippen LogP contribution is -1.98. The van der Waals surface area contributed by atoms with Crippen LogP contribution in [0.1, 0.15) is 15.9 Å². The minimum absolute atomic E-state index is 0.000498. The van der Waals surface area contributed by atoms with Crippen LogP contribution in [-0.4, -0.2) is 11.4 Å². The van der Waals surface area contributed by atoms with E-state index in [1.165, 1.54) is 6.07 Å². The number of ether oxygens (including phenoxy) is 1. The molecule has 0 saturated carbocycles. The van der Waals surface area contributed by atoms with Crippen LogP contribution in [0.4, 0.5) is 4.39 Å². The molecule has 0 aromatic heterocycles. The number of carbonyl (C=O) groups is 1. The fraction of sp³-hybridized carbons (Fsp3) is 0.0714. The fourth-order valence-corrected chi connectivity index (χ4v) is 1.50. The molecule has 3 nitrogen and oxygen atoms in total. The number of hydrogen-bond acceptors (Lipinski definition) is 3. The van der Waals surface area contributed by atoms with Crippen molar-refractivity contribution in [3.05, 3.63) is 59.4 Å². The van der Waals surface area contributed by atoms with E-state index in [1.54, 1.807) is 0 Å². The van der Waals surface area contributed by atoms with Crippen molar-refractivity contribution >= 4 is 6.29 Å². The van der Waals surface area contributed by atoms with Crippen molar-refractivity contribution in [2.24, 2.45) is 0 Å². The monoisotopic (exact) mass is 246 g/mol. The molecule has 0 aliphatic carbocycles. The lowest BCUT2D eigenvalue weighted by molar-refractivity contribution is 0.112. The number of aldehydes is 1. The zero-order valence-corrected chi connectivity index (χ0v) is 9.47. The van der Waals surface area contributed by atoms with Gasteiger partial charge in [0, 0.05) is 6.07 Å². The molecule has 0 aliphatic heterocycles. The van der Waals surface area contributed by atoms with Crippen LogP contribution >= 0.6 is 0 Å². The molecule has 0 unspecified atom stereocenters. The molecule has 0 aliphatic rings. The highest BCUT2D eigenvalue weighted by molar-refractivity contribution is 5.79. The summed E-state index contributed by atoms with van der Waals surface area (Å²) in [6, 6.07) is 11.3. The summed E-state index contributed by atoms with van der Waals surface area (Å²) in [6.45, 7) is 0.195. The Kier molecular flexibility index (Phi) is 3.57. The van der Waals surface area contributed by atoms with E-state index >= 15 is 0 Å². The first kappa shape index (κ1) is 12.1. The third-order valence-corrected chi connectivity index (χ3v) is 2.45. The van der Waals surface area contributed by atoms with Gasteiger partial charge in [-0.2, -0.15) is 0 Å². The van der Waals surface area contributed by atoms with Gasteiger partial charge in [-0.3, -0.25) is 4.79 Å². The molecule has 0 radical (unpaired) electrons. The zero-order valence-electron chi connectivity index (χ0n) is 9.47. The summed E-state index contributed by atoms with van der Waals surface area (Å²) in [7, 11) is 0. The van der Waals surface area contributed by atoms with E-state index in [0.29, 0.717) is 6.29 Å². The van der Waals surface area contributed by atoms with Gasteiger partial charge in [0.05, 0.1) is 5.56 Å². The molecule has 0 fully saturated rings. The van der Waals surface area contributed by atoms with Crippen LogP contribution in [0, 0.1) is 5.82 Å². The predicted octanol–water partition coefficient (Wildman–Crippen LogP) is 2.92. The highest BCUT2D eigenvalue weighted by Crippen LogP contribution is 2.26. The van der Waals surface area contributed by atoms with Crippen LogP contribution in [0.5, 0.6) is 11.5 Å². The van der Waals surface area contributed by atoms with Crippen molar-refractivity contribution in [1.29, 1.82) is 0 Å². The van der Waals surface area contributed by atoms with Crippen molar-refractivity contribution < 1.29 is 19.0 Å². The van der Waals surface area contributed by atoms with Crippen LogP contribution in [0.3, 0.4) is 0 Å². The molecule has 2 aromatic rings. The molecule has 0 spiro atoms. The quantitative estimate of drug-likeness (QED) is 0.844. The third-order valence-electron chi connectivity index (χ3n) is 2.45.